The molecule has 130 valence electrons. The van der Waals surface area contributed by atoms with Gasteiger partial charge in [0.05, 0.1) is 0 Å². The summed E-state index contributed by atoms with van der Waals surface area (Å²) in [5.41, 5.74) is -1.06. The van der Waals surface area contributed by atoms with Crippen molar-refractivity contribution < 1.29 is 26.7 Å². The van der Waals surface area contributed by atoms with Crippen LogP contribution in [-0.2, 0) is 4.79 Å². The van der Waals surface area contributed by atoms with E-state index in [1.165, 1.54) is 0 Å². The SMILES string of the molecule is O=C1N(c2c(F)c(F)c(F)c(F)c2F)N=C(c2ccccc2)C1(Br)Br. The van der Waals surface area contributed by atoms with Gasteiger partial charge in [-0.05, 0) is 0 Å². The standard InChI is InChI=1S/C15H5Br2F5N2O/c16-15(17)13(6-4-2-1-3-5-6)23-24(14(15)25)12-10(21)8(19)7(18)9(20)11(12)22/h1-5H. The zero-order valence-corrected chi connectivity index (χ0v) is 15.0. The lowest BCUT2D eigenvalue weighted by atomic mass is 10.1. The Kier molecular flexibility index (Phi) is 4.44. The van der Waals surface area contributed by atoms with Crippen LogP contribution in [0.3, 0.4) is 0 Å². The van der Waals surface area contributed by atoms with Gasteiger partial charge >= 0.3 is 0 Å². The van der Waals surface area contributed by atoms with Gasteiger partial charge in [-0.3, -0.25) is 4.79 Å². The second-order valence-corrected chi connectivity index (χ2v) is 8.37. The highest BCUT2D eigenvalue weighted by atomic mass is 79.9. The number of carbonyl (C=O) groups is 1. The third-order valence-electron chi connectivity index (χ3n) is 3.40. The van der Waals surface area contributed by atoms with Crippen molar-refractivity contribution in [2.75, 3.05) is 5.01 Å². The number of hydrogen-bond donors (Lipinski definition) is 0. The summed E-state index contributed by atoms with van der Waals surface area (Å²) in [4.78, 5) is 12.5. The van der Waals surface area contributed by atoms with Gasteiger partial charge in [-0.25, -0.2) is 22.0 Å². The van der Waals surface area contributed by atoms with Crippen molar-refractivity contribution in [3.05, 3.63) is 65.0 Å². The summed E-state index contributed by atoms with van der Waals surface area (Å²) >= 11 is 6.08. The molecule has 1 heterocycles. The van der Waals surface area contributed by atoms with E-state index in [1.807, 2.05) is 0 Å². The maximum atomic E-state index is 14.0. The van der Waals surface area contributed by atoms with E-state index >= 15 is 0 Å². The fourth-order valence-electron chi connectivity index (χ4n) is 2.21. The molecule has 0 bridgehead atoms. The highest BCUT2D eigenvalue weighted by molar-refractivity contribution is 9.26. The van der Waals surface area contributed by atoms with Gasteiger partial charge in [0.2, 0.25) is 9.05 Å². The van der Waals surface area contributed by atoms with E-state index in [2.05, 4.69) is 37.0 Å². The van der Waals surface area contributed by atoms with Crippen LogP contribution in [0.1, 0.15) is 5.56 Å². The lowest BCUT2D eigenvalue weighted by Gasteiger charge is -2.18. The third kappa shape index (κ3) is 2.67. The van der Waals surface area contributed by atoms with Crippen LogP contribution in [0.2, 0.25) is 0 Å². The maximum absolute atomic E-state index is 14.0. The van der Waals surface area contributed by atoms with Gasteiger partial charge in [0, 0.05) is 5.56 Å². The highest BCUT2D eigenvalue weighted by Crippen LogP contribution is 2.42. The fraction of sp³-hybridized carbons (Fsp3) is 0.0667. The van der Waals surface area contributed by atoms with Crippen LogP contribution < -0.4 is 5.01 Å². The van der Waals surface area contributed by atoms with Gasteiger partial charge in [-0.1, -0.05) is 62.2 Å². The molecule has 0 atom stereocenters. The first-order valence-electron chi connectivity index (χ1n) is 6.56. The van der Waals surface area contributed by atoms with Gasteiger partial charge in [-0.15, -0.1) is 0 Å². The van der Waals surface area contributed by atoms with E-state index in [4.69, 9.17) is 0 Å². The lowest BCUT2D eigenvalue weighted by Crippen LogP contribution is -2.36. The van der Waals surface area contributed by atoms with E-state index in [9.17, 15) is 26.7 Å². The van der Waals surface area contributed by atoms with Gasteiger partial charge in [0.1, 0.15) is 11.4 Å². The Bertz CT molecular complexity index is 889. The van der Waals surface area contributed by atoms with Crippen molar-refractivity contribution >= 4 is 49.2 Å². The summed E-state index contributed by atoms with van der Waals surface area (Å²) in [6, 6.07) is 8.06. The van der Waals surface area contributed by atoms with E-state index in [0.29, 0.717) is 5.56 Å². The van der Waals surface area contributed by atoms with Crippen LogP contribution in [0.5, 0.6) is 0 Å². The molecule has 3 rings (SSSR count). The van der Waals surface area contributed by atoms with Crippen molar-refractivity contribution in [3.8, 4) is 0 Å². The van der Waals surface area contributed by atoms with Crippen LogP contribution in [0.4, 0.5) is 27.6 Å². The third-order valence-corrected chi connectivity index (χ3v) is 4.83. The number of anilines is 1. The normalized spacial score (nSPS) is 16.4. The minimum Gasteiger partial charge on any atom is -0.269 e. The van der Waals surface area contributed by atoms with E-state index in [1.54, 1.807) is 30.3 Å². The maximum Gasteiger partial charge on any atom is 0.281 e. The second kappa shape index (κ2) is 6.17. The number of hydrogen-bond acceptors (Lipinski definition) is 2. The zero-order valence-electron chi connectivity index (χ0n) is 11.8. The van der Waals surface area contributed by atoms with Gasteiger partial charge < -0.3 is 0 Å². The molecular formula is C15H5Br2F5N2O. The summed E-state index contributed by atoms with van der Waals surface area (Å²) in [7, 11) is 0. The van der Waals surface area contributed by atoms with Gasteiger partial charge in [0.25, 0.3) is 5.91 Å². The molecule has 1 aliphatic rings. The average molecular weight is 484 g/mol. The molecule has 0 radical (unpaired) electrons. The molecule has 10 heteroatoms. The van der Waals surface area contributed by atoms with Crippen molar-refractivity contribution in [3.63, 3.8) is 0 Å². The molecule has 3 nitrogen and oxygen atoms in total. The molecule has 2 aromatic carbocycles. The van der Waals surface area contributed by atoms with Crippen molar-refractivity contribution in [1.29, 1.82) is 0 Å². The van der Waals surface area contributed by atoms with Crippen LogP contribution in [0.15, 0.2) is 35.4 Å². The molecule has 0 fully saturated rings. The Balaban J connectivity index is 2.23. The van der Waals surface area contributed by atoms with E-state index < -0.39 is 43.9 Å². The Hall–Kier alpha value is -1.81. The first-order chi connectivity index (χ1) is 11.7. The lowest BCUT2D eigenvalue weighted by molar-refractivity contribution is -0.117. The van der Waals surface area contributed by atoms with Crippen LogP contribution in [-0.4, -0.2) is 14.9 Å². The number of amides is 1. The van der Waals surface area contributed by atoms with Crippen molar-refractivity contribution in [2.24, 2.45) is 5.10 Å². The number of carbonyl (C=O) groups excluding carboxylic acids is 1. The molecule has 0 unspecified atom stereocenters. The number of halogens is 7. The summed E-state index contributed by atoms with van der Waals surface area (Å²) in [6.07, 6.45) is 0. The van der Waals surface area contributed by atoms with Gasteiger partial charge in [0.15, 0.2) is 23.3 Å². The second-order valence-electron chi connectivity index (χ2n) is 4.92. The predicted octanol–water partition coefficient (Wildman–Crippen LogP) is 4.62. The molecule has 1 amide bonds. The summed E-state index contributed by atoms with van der Waals surface area (Å²) < 4.78 is 66.3. The van der Waals surface area contributed by atoms with Crippen molar-refractivity contribution in [2.45, 2.75) is 3.23 Å². The average Bonchev–Trinajstić information content (AvgIpc) is 2.83. The Morgan fingerprint density at radius 1 is 0.840 bits per heavy atom. The van der Waals surface area contributed by atoms with E-state index in [-0.39, 0.29) is 10.7 Å². The van der Waals surface area contributed by atoms with Crippen LogP contribution in [0.25, 0.3) is 0 Å². The fourth-order valence-corrected chi connectivity index (χ4v) is 3.16. The molecule has 0 saturated heterocycles. The summed E-state index contributed by atoms with van der Waals surface area (Å²) in [6.45, 7) is 0. The minimum absolute atomic E-state index is 0.0120. The monoisotopic (exact) mass is 482 g/mol. The Morgan fingerprint density at radius 2 is 1.32 bits per heavy atom. The number of alkyl halides is 2. The van der Waals surface area contributed by atoms with Crippen LogP contribution in [0, 0.1) is 29.1 Å². The molecule has 0 spiro atoms. The molecule has 0 aliphatic carbocycles. The number of hydrazone groups is 1. The summed E-state index contributed by atoms with van der Waals surface area (Å²) in [5.74, 6) is -12.0. The number of nitrogens with zero attached hydrogens (tertiary/aromatic N) is 2. The highest BCUT2D eigenvalue weighted by Gasteiger charge is 2.50. The predicted molar refractivity (Wildman–Crippen MR) is 87.3 cm³/mol. The molecule has 1 aliphatic heterocycles. The minimum atomic E-state index is -2.32. The smallest absolute Gasteiger partial charge is 0.269 e. The molecule has 2 aromatic rings. The molecule has 0 aromatic heterocycles. The topological polar surface area (TPSA) is 32.7 Å². The van der Waals surface area contributed by atoms with E-state index in [0.717, 1.165) is 0 Å². The first kappa shape index (κ1) is 18.0. The van der Waals surface area contributed by atoms with Crippen LogP contribution >= 0.6 is 31.9 Å². The Labute approximate surface area is 154 Å². The number of rotatable bonds is 2. The largest absolute Gasteiger partial charge is 0.281 e. The Morgan fingerprint density at radius 3 is 1.84 bits per heavy atom. The zero-order chi connectivity index (χ0) is 18.5. The van der Waals surface area contributed by atoms with Gasteiger partial charge in [-0.2, -0.15) is 10.1 Å². The first-order valence-corrected chi connectivity index (χ1v) is 8.14. The molecule has 25 heavy (non-hydrogen) atoms. The molecular weight excluding hydrogens is 479 g/mol. The quantitative estimate of drug-likeness (QED) is 0.265. The van der Waals surface area contributed by atoms with Crippen molar-refractivity contribution in [1.82, 2.24) is 0 Å². The molecule has 0 saturated carbocycles. The summed E-state index contributed by atoms with van der Waals surface area (Å²) in [5, 5.41) is 3.91. The molecule has 0 N–H and O–H groups in total. The number of benzene rings is 2.